The fourth-order valence-electron chi connectivity index (χ4n) is 1.88. The number of alkyl halides is 2. The molecule has 0 aliphatic heterocycles. The smallest absolute Gasteiger partial charge is 0.407 e. The number of alkyl carbamates (subject to hydrolysis) is 1. The van der Waals surface area contributed by atoms with Crippen LogP contribution in [0.25, 0.3) is 0 Å². The SMILES string of the molecule is CC(C)(C)OC(=O)NCC(F)(F)C(=O)CCCOCc1ccccc1. The number of ketones is 1. The standard InChI is InChI=1S/C18H25F2NO4/c1-17(2,3)25-16(23)21-13-18(19,20)15(22)10-7-11-24-12-14-8-5-4-6-9-14/h4-6,8-9H,7,10-13H2,1-3H3,(H,21,23). The Kier molecular flexibility index (Phi) is 7.96. The summed E-state index contributed by atoms with van der Waals surface area (Å²) in [6.45, 7) is 4.34. The third-order valence-electron chi connectivity index (χ3n) is 3.07. The number of Topliss-reactive ketones (excluding diaryl/α,β-unsaturated/α-hetero) is 1. The van der Waals surface area contributed by atoms with E-state index in [1.165, 1.54) is 0 Å². The molecule has 0 aliphatic rings. The number of ether oxygens (including phenoxy) is 2. The highest BCUT2D eigenvalue weighted by Crippen LogP contribution is 2.17. The first kappa shape index (κ1) is 21.0. The Bertz CT molecular complexity index is 556. The normalized spacial score (nSPS) is 11.9. The van der Waals surface area contributed by atoms with Gasteiger partial charge in [0.25, 0.3) is 0 Å². The van der Waals surface area contributed by atoms with Crippen LogP contribution in [0, 0.1) is 0 Å². The van der Waals surface area contributed by atoms with Gasteiger partial charge in [-0.2, -0.15) is 8.78 Å². The molecule has 1 aromatic rings. The Hall–Kier alpha value is -2.02. The minimum Gasteiger partial charge on any atom is -0.444 e. The van der Waals surface area contributed by atoms with Crippen molar-refractivity contribution in [1.29, 1.82) is 0 Å². The van der Waals surface area contributed by atoms with Crippen molar-refractivity contribution in [2.75, 3.05) is 13.2 Å². The van der Waals surface area contributed by atoms with Crippen molar-refractivity contribution >= 4 is 11.9 Å². The van der Waals surface area contributed by atoms with Gasteiger partial charge < -0.3 is 14.8 Å². The second kappa shape index (κ2) is 9.46. The largest absolute Gasteiger partial charge is 0.444 e. The molecule has 0 saturated carbocycles. The monoisotopic (exact) mass is 357 g/mol. The van der Waals surface area contributed by atoms with Crippen molar-refractivity contribution in [3.05, 3.63) is 35.9 Å². The van der Waals surface area contributed by atoms with Gasteiger partial charge in [0.2, 0.25) is 5.78 Å². The summed E-state index contributed by atoms with van der Waals surface area (Å²) in [7, 11) is 0. The van der Waals surface area contributed by atoms with Crippen molar-refractivity contribution in [2.24, 2.45) is 0 Å². The Morgan fingerprint density at radius 1 is 1.12 bits per heavy atom. The van der Waals surface area contributed by atoms with Crippen molar-refractivity contribution in [1.82, 2.24) is 5.32 Å². The van der Waals surface area contributed by atoms with E-state index >= 15 is 0 Å². The maximum Gasteiger partial charge on any atom is 0.407 e. The number of hydrogen-bond donors (Lipinski definition) is 1. The predicted octanol–water partition coefficient (Wildman–Crippen LogP) is 3.71. The quantitative estimate of drug-likeness (QED) is 0.684. The Morgan fingerprint density at radius 3 is 2.36 bits per heavy atom. The average molecular weight is 357 g/mol. The summed E-state index contributed by atoms with van der Waals surface area (Å²) in [4.78, 5) is 23.0. The minimum atomic E-state index is -3.63. The molecule has 0 bridgehead atoms. The van der Waals surface area contributed by atoms with Gasteiger partial charge in [-0.05, 0) is 32.8 Å². The van der Waals surface area contributed by atoms with Crippen molar-refractivity contribution in [3.63, 3.8) is 0 Å². The van der Waals surface area contributed by atoms with Crippen molar-refractivity contribution < 1.29 is 27.8 Å². The zero-order valence-electron chi connectivity index (χ0n) is 14.8. The van der Waals surface area contributed by atoms with E-state index in [2.05, 4.69) is 0 Å². The second-order valence-corrected chi connectivity index (χ2v) is 6.62. The highest BCUT2D eigenvalue weighted by molar-refractivity contribution is 5.86. The average Bonchev–Trinajstić information content (AvgIpc) is 2.52. The van der Waals surface area contributed by atoms with E-state index in [0.29, 0.717) is 6.61 Å². The summed E-state index contributed by atoms with van der Waals surface area (Å²) in [5, 5.41) is 1.92. The fraction of sp³-hybridized carbons (Fsp3) is 0.556. The van der Waals surface area contributed by atoms with Crippen molar-refractivity contribution in [2.45, 2.75) is 51.7 Å². The van der Waals surface area contributed by atoms with E-state index in [0.717, 1.165) is 5.56 Å². The molecular weight excluding hydrogens is 332 g/mol. The van der Waals surface area contributed by atoms with E-state index in [1.807, 2.05) is 35.6 Å². The van der Waals surface area contributed by atoms with E-state index in [1.54, 1.807) is 20.8 Å². The summed E-state index contributed by atoms with van der Waals surface area (Å²) in [5.41, 5.74) is 0.181. The first-order chi connectivity index (χ1) is 11.6. The van der Waals surface area contributed by atoms with Gasteiger partial charge >= 0.3 is 12.0 Å². The van der Waals surface area contributed by atoms with E-state index in [9.17, 15) is 18.4 Å². The first-order valence-electron chi connectivity index (χ1n) is 8.10. The number of amides is 1. The lowest BCUT2D eigenvalue weighted by Gasteiger charge is -2.21. The number of carbonyl (C=O) groups is 2. The number of nitrogens with one attached hydrogen (secondary N) is 1. The molecule has 0 aliphatic carbocycles. The van der Waals surface area contributed by atoms with E-state index < -0.39 is 29.9 Å². The summed E-state index contributed by atoms with van der Waals surface area (Å²) in [6, 6.07) is 9.42. The number of carbonyl (C=O) groups excluding carboxylic acids is 2. The Balaban J connectivity index is 2.24. The van der Waals surface area contributed by atoms with Gasteiger partial charge in [0.1, 0.15) is 5.60 Å². The molecule has 0 spiro atoms. The van der Waals surface area contributed by atoms with Gasteiger partial charge in [0.15, 0.2) is 0 Å². The summed E-state index contributed by atoms with van der Waals surface area (Å²) in [5.74, 6) is -4.86. The van der Waals surface area contributed by atoms with Gasteiger partial charge in [-0.15, -0.1) is 0 Å². The summed E-state index contributed by atoms with van der Waals surface area (Å²) >= 11 is 0. The third kappa shape index (κ3) is 9.14. The van der Waals surface area contributed by atoms with Gasteiger partial charge in [-0.3, -0.25) is 4.79 Å². The van der Waals surface area contributed by atoms with Crippen LogP contribution in [0.1, 0.15) is 39.2 Å². The molecule has 0 aromatic heterocycles. The Labute approximate surface area is 146 Å². The molecule has 0 unspecified atom stereocenters. The molecule has 7 heteroatoms. The predicted molar refractivity (Wildman–Crippen MR) is 89.5 cm³/mol. The fourth-order valence-corrected chi connectivity index (χ4v) is 1.88. The van der Waals surface area contributed by atoms with E-state index in [-0.39, 0.29) is 19.4 Å². The molecule has 140 valence electrons. The van der Waals surface area contributed by atoms with Crippen LogP contribution in [0.4, 0.5) is 13.6 Å². The molecular formula is C18H25F2NO4. The van der Waals surface area contributed by atoms with Gasteiger partial charge in [0.05, 0.1) is 13.2 Å². The lowest BCUT2D eigenvalue weighted by Crippen LogP contribution is -2.44. The first-order valence-corrected chi connectivity index (χ1v) is 8.10. The molecule has 0 radical (unpaired) electrons. The highest BCUT2D eigenvalue weighted by Gasteiger charge is 2.38. The van der Waals surface area contributed by atoms with Crippen molar-refractivity contribution in [3.8, 4) is 0 Å². The second-order valence-electron chi connectivity index (χ2n) is 6.62. The number of halogens is 2. The Morgan fingerprint density at radius 2 is 1.76 bits per heavy atom. The number of hydrogen-bond acceptors (Lipinski definition) is 4. The van der Waals surface area contributed by atoms with E-state index in [4.69, 9.17) is 9.47 Å². The summed E-state index contributed by atoms with van der Waals surface area (Å²) < 4.78 is 37.7. The maximum atomic E-state index is 13.7. The highest BCUT2D eigenvalue weighted by atomic mass is 19.3. The molecule has 1 rings (SSSR count). The van der Waals surface area contributed by atoms with Gasteiger partial charge in [-0.25, -0.2) is 4.79 Å². The molecule has 0 heterocycles. The third-order valence-corrected chi connectivity index (χ3v) is 3.07. The number of rotatable bonds is 9. The molecule has 1 amide bonds. The molecule has 5 nitrogen and oxygen atoms in total. The minimum absolute atomic E-state index is 0.188. The van der Waals surface area contributed by atoms with Crippen LogP contribution in [0.3, 0.4) is 0 Å². The molecule has 1 N–H and O–H groups in total. The van der Waals surface area contributed by atoms with Crippen LogP contribution in [-0.2, 0) is 20.9 Å². The molecule has 0 atom stereocenters. The zero-order valence-corrected chi connectivity index (χ0v) is 14.8. The van der Waals surface area contributed by atoms with Crippen LogP contribution in [0.15, 0.2) is 30.3 Å². The summed E-state index contributed by atoms with van der Waals surface area (Å²) in [6.07, 6.45) is -1.11. The van der Waals surface area contributed by atoms with Gasteiger partial charge in [-0.1, -0.05) is 30.3 Å². The topological polar surface area (TPSA) is 64.6 Å². The van der Waals surface area contributed by atoms with Crippen LogP contribution >= 0.6 is 0 Å². The zero-order chi connectivity index (χ0) is 18.9. The molecule has 25 heavy (non-hydrogen) atoms. The molecule has 0 fully saturated rings. The maximum absolute atomic E-state index is 13.7. The van der Waals surface area contributed by atoms with Gasteiger partial charge in [0, 0.05) is 13.0 Å². The lowest BCUT2D eigenvalue weighted by atomic mass is 10.1. The van der Waals surface area contributed by atoms with Crippen LogP contribution in [-0.4, -0.2) is 36.6 Å². The molecule has 0 saturated heterocycles. The van der Waals surface area contributed by atoms with Crippen LogP contribution < -0.4 is 5.32 Å². The lowest BCUT2D eigenvalue weighted by molar-refractivity contribution is -0.142. The number of benzene rings is 1. The van der Waals surface area contributed by atoms with Crippen LogP contribution in [0.2, 0.25) is 0 Å². The van der Waals surface area contributed by atoms with Crippen LogP contribution in [0.5, 0.6) is 0 Å². The molecule has 1 aromatic carbocycles.